The molecule has 2 rings (SSSR count). The van der Waals surface area contributed by atoms with Crippen molar-refractivity contribution in [3.05, 3.63) is 71.3 Å². The number of ether oxygens (including phenoxy) is 1. The molecule has 23 heavy (non-hydrogen) atoms. The van der Waals surface area contributed by atoms with Gasteiger partial charge in [-0.25, -0.2) is 8.78 Å². The standard InChI is InChI=1S/C18H19F2NO2/c1-13(14-7-3-2-4-8-14)23-12-6-11-21-18(22)17-15(19)9-5-10-16(17)20/h2-5,7-10,13H,6,11-12H2,1H3,(H,21,22). The van der Waals surface area contributed by atoms with Crippen molar-refractivity contribution < 1.29 is 18.3 Å². The van der Waals surface area contributed by atoms with Gasteiger partial charge in [-0.3, -0.25) is 4.79 Å². The molecule has 0 radical (unpaired) electrons. The van der Waals surface area contributed by atoms with Crippen LogP contribution >= 0.6 is 0 Å². The van der Waals surface area contributed by atoms with E-state index in [-0.39, 0.29) is 12.6 Å². The summed E-state index contributed by atoms with van der Waals surface area (Å²) in [5.74, 6) is -2.48. The van der Waals surface area contributed by atoms with Crippen LogP contribution in [0.2, 0.25) is 0 Å². The van der Waals surface area contributed by atoms with Crippen molar-refractivity contribution in [3.8, 4) is 0 Å². The maximum Gasteiger partial charge on any atom is 0.257 e. The van der Waals surface area contributed by atoms with Crippen LogP contribution < -0.4 is 5.32 Å². The predicted molar refractivity (Wildman–Crippen MR) is 84.1 cm³/mol. The molecule has 1 N–H and O–H groups in total. The van der Waals surface area contributed by atoms with Crippen LogP contribution in [0, 0.1) is 11.6 Å². The van der Waals surface area contributed by atoms with Gasteiger partial charge in [-0.1, -0.05) is 36.4 Å². The summed E-state index contributed by atoms with van der Waals surface area (Å²) in [6, 6.07) is 13.1. The van der Waals surface area contributed by atoms with Crippen LogP contribution in [-0.2, 0) is 4.74 Å². The molecule has 0 aliphatic carbocycles. The van der Waals surface area contributed by atoms with Crippen molar-refractivity contribution in [2.24, 2.45) is 0 Å². The fourth-order valence-corrected chi connectivity index (χ4v) is 2.16. The third-order valence-electron chi connectivity index (χ3n) is 3.43. The van der Waals surface area contributed by atoms with E-state index in [4.69, 9.17) is 4.74 Å². The van der Waals surface area contributed by atoms with E-state index in [0.717, 1.165) is 17.7 Å². The van der Waals surface area contributed by atoms with Crippen LogP contribution in [-0.4, -0.2) is 19.1 Å². The normalized spacial score (nSPS) is 12.0. The maximum absolute atomic E-state index is 13.4. The first-order valence-corrected chi connectivity index (χ1v) is 7.48. The van der Waals surface area contributed by atoms with Gasteiger partial charge >= 0.3 is 0 Å². The van der Waals surface area contributed by atoms with Crippen molar-refractivity contribution in [2.75, 3.05) is 13.2 Å². The molecular weight excluding hydrogens is 300 g/mol. The van der Waals surface area contributed by atoms with E-state index in [1.54, 1.807) is 0 Å². The Hall–Kier alpha value is -2.27. The van der Waals surface area contributed by atoms with Crippen molar-refractivity contribution in [1.82, 2.24) is 5.32 Å². The molecule has 2 aromatic rings. The van der Waals surface area contributed by atoms with Gasteiger partial charge in [0.05, 0.1) is 6.10 Å². The molecule has 0 fully saturated rings. The second kappa shape index (κ2) is 8.39. The molecule has 0 heterocycles. The lowest BCUT2D eigenvalue weighted by Gasteiger charge is -2.13. The van der Waals surface area contributed by atoms with Crippen molar-refractivity contribution in [3.63, 3.8) is 0 Å². The predicted octanol–water partition coefficient (Wildman–Crippen LogP) is 3.86. The zero-order valence-electron chi connectivity index (χ0n) is 12.9. The Morgan fingerprint density at radius 3 is 2.39 bits per heavy atom. The SMILES string of the molecule is CC(OCCCNC(=O)c1c(F)cccc1F)c1ccccc1. The summed E-state index contributed by atoms with van der Waals surface area (Å²) < 4.78 is 32.6. The van der Waals surface area contributed by atoms with E-state index < -0.39 is 23.1 Å². The average molecular weight is 319 g/mol. The fraction of sp³-hybridized carbons (Fsp3) is 0.278. The lowest BCUT2D eigenvalue weighted by molar-refractivity contribution is 0.0634. The Balaban J connectivity index is 1.72. The van der Waals surface area contributed by atoms with Gasteiger partial charge in [-0.15, -0.1) is 0 Å². The zero-order valence-corrected chi connectivity index (χ0v) is 12.9. The minimum atomic E-state index is -0.864. The summed E-state index contributed by atoms with van der Waals surface area (Å²) in [5, 5.41) is 2.50. The number of benzene rings is 2. The van der Waals surface area contributed by atoms with E-state index in [0.29, 0.717) is 13.0 Å². The molecule has 1 amide bonds. The summed E-state index contributed by atoms with van der Waals surface area (Å²) in [5.41, 5.74) is 0.524. The molecule has 0 aromatic heterocycles. The van der Waals surface area contributed by atoms with Crippen LogP contribution in [0.15, 0.2) is 48.5 Å². The number of carbonyl (C=O) groups excluding carboxylic acids is 1. The highest BCUT2D eigenvalue weighted by atomic mass is 19.1. The van der Waals surface area contributed by atoms with E-state index in [9.17, 15) is 13.6 Å². The number of carbonyl (C=O) groups is 1. The molecule has 0 aliphatic rings. The lowest BCUT2D eigenvalue weighted by Crippen LogP contribution is -2.27. The highest BCUT2D eigenvalue weighted by Crippen LogP contribution is 2.16. The van der Waals surface area contributed by atoms with E-state index in [1.165, 1.54) is 6.07 Å². The number of hydrogen-bond donors (Lipinski definition) is 1. The van der Waals surface area contributed by atoms with Gasteiger partial charge in [-0.2, -0.15) is 0 Å². The maximum atomic E-state index is 13.4. The number of hydrogen-bond acceptors (Lipinski definition) is 2. The Kier molecular flexibility index (Phi) is 6.23. The van der Waals surface area contributed by atoms with E-state index >= 15 is 0 Å². The zero-order chi connectivity index (χ0) is 16.7. The van der Waals surface area contributed by atoms with Gasteiger partial charge in [0.15, 0.2) is 0 Å². The Morgan fingerprint density at radius 2 is 1.74 bits per heavy atom. The highest BCUT2D eigenvalue weighted by Gasteiger charge is 2.16. The molecule has 3 nitrogen and oxygen atoms in total. The average Bonchev–Trinajstić information content (AvgIpc) is 2.55. The topological polar surface area (TPSA) is 38.3 Å². The van der Waals surface area contributed by atoms with Crippen molar-refractivity contribution in [1.29, 1.82) is 0 Å². The Morgan fingerprint density at radius 1 is 1.09 bits per heavy atom. The monoisotopic (exact) mass is 319 g/mol. The van der Waals surface area contributed by atoms with Gasteiger partial charge in [0, 0.05) is 13.2 Å². The summed E-state index contributed by atoms with van der Waals surface area (Å²) in [7, 11) is 0. The molecule has 0 bridgehead atoms. The third kappa shape index (κ3) is 4.86. The van der Waals surface area contributed by atoms with Crippen LogP contribution in [0.4, 0.5) is 8.78 Å². The molecule has 1 atom stereocenters. The van der Waals surface area contributed by atoms with Gasteiger partial charge < -0.3 is 10.1 Å². The largest absolute Gasteiger partial charge is 0.374 e. The van der Waals surface area contributed by atoms with Crippen LogP contribution in [0.5, 0.6) is 0 Å². The van der Waals surface area contributed by atoms with Crippen LogP contribution in [0.3, 0.4) is 0 Å². The lowest BCUT2D eigenvalue weighted by atomic mass is 10.1. The van der Waals surface area contributed by atoms with Crippen LogP contribution in [0.1, 0.15) is 35.4 Å². The third-order valence-corrected chi connectivity index (χ3v) is 3.43. The Labute approximate surface area is 134 Å². The van der Waals surface area contributed by atoms with E-state index in [1.807, 2.05) is 37.3 Å². The molecule has 0 saturated carbocycles. The van der Waals surface area contributed by atoms with Crippen molar-refractivity contribution in [2.45, 2.75) is 19.4 Å². The molecule has 0 spiro atoms. The smallest absolute Gasteiger partial charge is 0.257 e. The number of halogens is 2. The first-order valence-electron chi connectivity index (χ1n) is 7.48. The number of amides is 1. The molecule has 5 heteroatoms. The molecule has 1 unspecified atom stereocenters. The quantitative estimate of drug-likeness (QED) is 0.787. The fourth-order valence-electron chi connectivity index (χ4n) is 2.16. The summed E-state index contributed by atoms with van der Waals surface area (Å²) in [6.45, 7) is 2.67. The summed E-state index contributed by atoms with van der Waals surface area (Å²) in [6.07, 6.45) is 0.509. The molecule has 0 aliphatic heterocycles. The van der Waals surface area contributed by atoms with Crippen molar-refractivity contribution >= 4 is 5.91 Å². The van der Waals surface area contributed by atoms with Gasteiger partial charge in [0.25, 0.3) is 5.91 Å². The second-order valence-corrected chi connectivity index (χ2v) is 5.13. The Bertz CT molecular complexity index is 626. The van der Waals surface area contributed by atoms with Gasteiger partial charge in [-0.05, 0) is 31.0 Å². The molecular formula is C18H19F2NO2. The second-order valence-electron chi connectivity index (χ2n) is 5.13. The first kappa shape index (κ1) is 17.1. The summed E-state index contributed by atoms with van der Waals surface area (Å²) >= 11 is 0. The minimum absolute atomic E-state index is 0.0455. The molecule has 122 valence electrons. The first-order chi connectivity index (χ1) is 11.1. The summed E-state index contributed by atoms with van der Waals surface area (Å²) in [4.78, 5) is 11.8. The highest BCUT2D eigenvalue weighted by molar-refractivity contribution is 5.94. The van der Waals surface area contributed by atoms with Gasteiger partial charge in [0.2, 0.25) is 0 Å². The molecule has 0 saturated heterocycles. The molecule has 2 aromatic carbocycles. The van der Waals surface area contributed by atoms with Gasteiger partial charge in [0.1, 0.15) is 17.2 Å². The van der Waals surface area contributed by atoms with E-state index in [2.05, 4.69) is 5.32 Å². The van der Waals surface area contributed by atoms with Crippen LogP contribution in [0.25, 0.3) is 0 Å². The minimum Gasteiger partial charge on any atom is -0.374 e. The number of rotatable bonds is 7. The number of nitrogens with one attached hydrogen (secondary N) is 1.